The molecule has 3 rings (SSSR count). The van der Waals surface area contributed by atoms with Crippen LogP contribution < -0.4 is 5.32 Å². The predicted molar refractivity (Wildman–Crippen MR) is 84.8 cm³/mol. The zero-order valence-electron chi connectivity index (χ0n) is 12.7. The summed E-state index contributed by atoms with van der Waals surface area (Å²) in [6.07, 6.45) is 9.31. The zero-order valence-corrected chi connectivity index (χ0v) is 13.5. The maximum Gasteiger partial charge on any atom is 0.254 e. The molecule has 0 spiro atoms. The van der Waals surface area contributed by atoms with Crippen LogP contribution in [-0.2, 0) is 22.4 Å². The summed E-state index contributed by atoms with van der Waals surface area (Å²) >= 11 is 1.64. The van der Waals surface area contributed by atoms with Crippen LogP contribution in [0.5, 0.6) is 0 Å². The van der Waals surface area contributed by atoms with Crippen LogP contribution in [0.25, 0.3) is 0 Å². The number of rotatable bonds is 5. The van der Waals surface area contributed by atoms with E-state index in [0.717, 1.165) is 18.0 Å². The summed E-state index contributed by atoms with van der Waals surface area (Å²) in [4.78, 5) is 18.1. The van der Waals surface area contributed by atoms with E-state index in [-0.39, 0.29) is 5.91 Å². The van der Waals surface area contributed by atoms with Crippen molar-refractivity contribution in [3.63, 3.8) is 0 Å². The average molecular weight is 308 g/mol. The van der Waals surface area contributed by atoms with Crippen molar-refractivity contribution in [2.45, 2.75) is 64.4 Å². The molecule has 1 N–H and O–H groups in total. The van der Waals surface area contributed by atoms with Crippen LogP contribution >= 0.6 is 11.3 Å². The Morgan fingerprint density at radius 1 is 1.33 bits per heavy atom. The van der Waals surface area contributed by atoms with Gasteiger partial charge in [0.1, 0.15) is 6.10 Å². The average Bonchev–Trinajstić information content (AvgIpc) is 3.20. The van der Waals surface area contributed by atoms with E-state index in [9.17, 15) is 4.79 Å². The number of carbonyl (C=O) groups excluding carboxylic acids is 1. The lowest BCUT2D eigenvalue weighted by Gasteiger charge is -2.11. The van der Waals surface area contributed by atoms with Crippen molar-refractivity contribution in [2.75, 3.05) is 11.9 Å². The second kappa shape index (κ2) is 6.88. The highest BCUT2D eigenvalue weighted by atomic mass is 32.1. The molecule has 1 aromatic rings. The van der Waals surface area contributed by atoms with Gasteiger partial charge < -0.3 is 4.74 Å². The molecule has 1 unspecified atom stereocenters. The van der Waals surface area contributed by atoms with Crippen molar-refractivity contribution in [1.82, 2.24) is 4.98 Å². The first-order chi connectivity index (χ1) is 10.2. The third-order valence-corrected chi connectivity index (χ3v) is 5.30. The summed E-state index contributed by atoms with van der Waals surface area (Å²) in [5.74, 6) is 0.609. The number of hydrogen-bond donors (Lipinski definition) is 1. The number of anilines is 1. The van der Waals surface area contributed by atoms with Crippen LogP contribution in [0.4, 0.5) is 5.13 Å². The van der Waals surface area contributed by atoms with Gasteiger partial charge in [0.25, 0.3) is 5.91 Å². The topological polar surface area (TPSA) is 51.2 Å². The van der Waals surface area contributed by atoms with Crippen LogP contribution in [0, 0.1) is 5.92 Å². The fraction of sp³-hybridized carbons (Fsp3) is 0.750. The molecule has 4 nitrogen and oxygen atoms in total. The normalized spacial score (nSPS) is 20.2. The summed E-state index contributed by atoms with van der Waals surface area (Å²) < 4.78 is 5.61. The molecule has 1 aromatic heterocycles. The minimum Gasteiger partial charge on any atom is -0.368 e. The lowest BCUT2D eigenvalue weighted by atomic mass is 10.0. The first-order valence-corrected chi connectivity index (χ1v) is 8.95. The molecule has 1 saturated carbocycles. The molecule has 21 heavy (non-hydrogen) atoms. The number of amides is 1. The van der Waals surface area contributed by atoms with Gasteiger partial charge in [-0.15, -0.1) is 11.3 Å². The Morgan fingerprint density at radius 3 is 2.86 bits per heavy atom. The Bertz CT molecular complexity index is 471. The number of nitrogens with zero attached hydrogens (tertiary/aromatic N) is 1. The minimum atomic E-state index is -0.392. The Labute approximate surface area is 130 Å². The molecule has 0 bridgehead atoms. The van der Waals surface area contributed by atoms with E-state index in [1.807, 2.05) is 6.92 Å². The summed E-state index contributed by atoms with van der Waals surface area (Å²) in [6.45, 7) is 2.53. The summed E-state index contributed by atoms with van der Waals surface area (Å²) in [5.41, 5.74) is 1.20. The van der Waals surface area contributed by atoms with Crippen molar-refractivity contribution < 1.29 is 9.53 Å². The van der Waals surface area contributed by atoms with E-state index in [0.29, 0.717) is 12.5 Å². The van der Waals surface area contributed by atoms with Crippen LogP contribution in [0.15, 0.2) is 0 Å². The fourth-order valence-corrected chi connectivity index (χ4v) is 3.66. The number of ether oxygens (including phenoxy) is 1. The van der Waals surface area contributed by atoms with E-state index >= 15 is 0 Å². The van der Waals surface area contributed by atoms with Gasteiger partial charge in [-0.25, -0.2) is 4.98 Å². The molecule has 1 atom stereocenters. The number of thiazole rings is 1. The van der Waals surface area contributed by atoms with Gasteiger partial charge in [-0.2, -0.15) is 0 Å². The van der Waals surface area contributed by atoms with Gasteiger partial charge >= 0.3 is 0 Å². The van der Waals surface area contributed by atoms with Gasteiger partial charge in [0.05, 0.1) is 12.3 Å². The highest BCUT2D eigenvalue weighted by Gasteiger charge is 2.24. The van der Waals surface area contributed by atoms with Gasteiger partial charge in [0.15, 0.2) is 5.13 Å². The smallest absolute Gasteiger partial charge is 0.254 e. The molecular weight excluding hydrogens is 284 g/mol. The van der Waals surface area contributed by atoms with Crippen LogP contribution in [0.2, 0.25) is 0 Å². The molecule has 1 fully saturated rings. The maximum absolute atomic E-state index is 12.1. The summed E-state index contributed by atoms with van der Waals surface area (Å²) in [5, 5.41) is 3.67. The third kappa shape index (κ3) is 4.27. The summed E-state index contributed by atoms with van der Waals surface area (Å²) in [7, 11) is 0. The number of carbonyl (C=O) groups is 1. The van der Waals surface area contributed by atoms with E-state index in [1.54, 1.807) is 11.3 Å². The molecular formula is C16H24N2O2S. The van der Waals surface area contributed by atoms with Crippen molar-refractivity contribution in [3.05, 3.63) is 10.6 Å². The Balaban J connectivity index is 1.55. The molecule has 2 aliphatic carbocycles. The molecule has 2 aliphatic rings. The Kier molecular flexibility index (Phi) is 4.91. The van der Waals surface area contributed by atoms with E-state index in [2.05, 4.69) is 10.3 Å². The van der Waals surface area contributed by atoms with Gasteiger partial charge in [0, 0.05) is 4.88 Å². The van der Waals surface area contributed by atoms with Gasteiger partial charge in [0.2, 0.25) is 0 Å². The predicted octanol–water partition coefficient (Wildman–Crippen LogP) is 3.56. The lowest BCUT2D eigenvalue weighted by molar-refractivity contribution is -0.126. The molecule has 0 saturated heterocycles. The second-order valence-electron chi connectivity index (χ2n) is 6.21. The Hall–Kier alpha value is -0.940. The molecule has 1 heterocycles. The van der Waals surface area contributed by atoms with Crippen molar-refractivity contribution in [2.24, 2.45) is 5.92 Å². The number of aryl methyl sites for hydroxylation is 2. The van der Waals surface area contributed by atoms with Crippen LogP contribution in [0.1, 0.15) is 56.0 Å². The lowest BCUT2D eigenvalue weighted by Crippen LogP contribution is -2.28. The van der Waals surface area contributed by atoms with Gasteiger partial charge in [-0.1, -0.05) is 12.8 Å². The largest absolute Gasteiger partial charge is 0.368 e. The first kappa shape index (κ1) is 15.0. The monoisotopic (exact) mass is 308 g/mol. The first-order valence-electron chi connectivity index (χ1n) is 8.13. The minimum absolute atomic E-state index is 0.0719. The highest BCUT2D eigenvalue weighted by Crippen LogP contribution is 2.30. The molecule has 0 aromatic carbocycles. The van der Waals surface area contributed by atoms with Crippen molar-refractivity contribution >= 4 is 22.4 Å². The highest BCUT2D eigenvalue weighted by molar-refractivity contribution is 7.15. The second-order valence-corrected chi connectivity index (χ2v) is 7.29. The van der Waals surface area contributed by atoms with Gasteiger partial charge in [-0.3, -0.25) is 10.1 Å². The van der Waals surface area contributed by atoms with Crippen LogP contribution in [0.3, 0.4) is 0 Å². The number of nitrogens with one attached hydrogen (secondary N) is 1. The van der Waals surface area contributed by atoms with Crippen LogP contribution in [-0.4, -0.2) is 23.6 Å². The van der Waals surface area contributed by atoms with Gasteiger partial charge in [-0.05, 0) is 51.4 Å². The van der Waals surface area contributed by atoms with Crippen molar-refractivity contribution in [3.8, 4) is 0 Å². The molecule has 1 amide bonds. The molecule has 5 heteroatoms. The number of hydrogen-bond acceptors (Lipinski definition) is 4. The maximum atomic E-state index is 12.1. The standard InChI is InChI=1S/C16H24N2O2S/c1-11(20-10-12-8-9-12)15(19)18-16-17-13-6-4-2-3-5-7-14(13)21-16/h11-12H,2-10H2,1H3,(H,17,18,19). The zero-order chi connectivity index (χ0) is 14.7. The van der Waals surface area contributed by atoms with E-state index in [4.69, 9.17) is 4.74 Å². The SMILES string of the molecule is CC(OCC1CC1)C(=O)Nc1nc2c(s1)CCCCCC2. The molecule has 0 radical (unpaired) electrons. The third-order valence-electron chi connectivity index (χ3n) is 4.22. The molecule has 116 valence electrons. The quantitative estimate of drug-likeness (QED) is 0.905. The van der Waals surface area contributed by atoms with E-state index < -0.39 is 6.10 Å². The fourth-order valence-electron chi connectivity index (χ4n) is 2.61. The number of aromatic nitrogens is 1. The number of fused-ring (bicyclic) bond motifs is 1. The van der Waals surface area contributed by atoms with Crippen molar-refractivity contribution in [1.29, 1.82) is 0 Å². The Morgan fingerprint density at radius 2 is 2.10 bits per heavy atom. The summed E-state index contributed by atoms with van der Waals surface area (Å²) in [6, 6.07) is 0. The molecule has 0 aliphatic heterocycles. The van der Waals surface area contributed by atoms with E-state index in [1.165, 1.54) is 49.1 Å².